The molecule has 0 aromatic heterocycles. The Morgan fingerprint density at radius 2 is 1.79 bits per heavy atom. The van der Waals surface area contributed by atoms with Gasteiger partial charge in [-0.3, -0.25) is 10.1 Å². The summed E-state index contributed by atoms with van der Waals surface area (Å²) in [5, 5.41) is 11.0. The Bertz CT molecular complexity index is 299. The van der Waals surface area contributed by atoms with Crippen molar-refractivity contribution in [2.75, 3.05) is 14.2 Å². The van der Waals surface area contributed by atoms with Crippen molar-refractivity contribution in [3.05, 3.63) is 34.4 Å². The zero-order valence-corrected chi connectivity index (χ0v) is 8.39. The van der Waals surface area contributed by atoms with Crippen LogP contribution < -0.4 is 0 Å². The highest BCUT2D eigenvalue weighted by Gasteiger charge is 2.58. The van der Waals surface area contributed by atoms with Gasteiger partial charge in [-0.15, -0.1) is 0 Å². The van der Waals surface area contributed by atoms with Crippen LogP contribution in [0.3, 0.4) is 0 Å². The van der Waals surface area contributed by atoms with Crippen molar-refractivity contribution in [1.29, 1.82) is 0 Å². The maximum absolute atomic E-state index is 11.0. The molecule has 0 N–H and O–H groups in total. The quantitative estimate of drug-likeness (QED) is 0.388. The zero-order valence-electron chi connectivity index (χ0n) is 8.39. The van der Waals surface area contributed by atoms with E-state index in [0.717, 1.165) is 0 Å². The molecule has 0 saturated carbocycles. The molecule has 0 saturated heterocycles. The normalized spacial score (nSPS) is 35.9. The highest BCUT2D eigenvalue weighted by Crippen LogP contribution is 2.34. The van der Waals surface area contributed by atoms with Gasteiger partial charge >= 0.3 is 5.72 Å². The molecule has 0 bridgehead atoms. The van der Waals surface area contributed by atoms with Crippen LogP contribution in [0.15, 0.2) is 24.3 Å². The number of rotatable bonds is 3. The Morgan fingerprint density at radius 3 is 2.14 bits per heavy atom. The first kappa shape index (κ1) is 10.9. The Morgan fingerprint density at radius 1 is 1.21 bits per heavy atom. The molecule has 0 fully saturated rings. The van der Waals surface area contributed by atoms with Crippen LogP contribution in [0.4, 0.5) is 0 Å². The molecule has 0 aromatic carbocycles. The Balaban J connectivity index is 3.22. The van der Waals surface area contributed by atoms with Gasteiger partial charge in [0.1, 0.15) is 0 Å². The molecule has 1 aliphatic rings. The summed E-state index contributed by atoms with van der Waals surface area (Å²) in [5.41, 5.74) is -2.73. The fraction of sp³-hybridized carbons (Fsp3) is 0.556. The Kier molecular flexibility index (Phi) is 2.73. The van der Waals surface area contributed by atoms with Crippen molar-refractivity contribution >= 4 is 0 Å². The molecule has 5 heteroatoms. The standard InChI is InChI=1S/C9H13NO4/c1-8(13-2)6-4-5-7-9(8,14-3)10(11)12/h4-7H,1-3H3. The molecule has 78 valence electrons. The van der Waals surface area contributed by atoms with E-state index in [2.05, 4.69) is 0 Å². The number of nitrogens with zero attached hydrogens (tertiary/aromatic N) is 1. The predicted octanol–water partition coefficient (Wildman–Crippen LogP) is 1.14. The maximum Gasteiger partial charge on any atom is 0.376 e. The summed E-state index contributed by atoms with van der Waals surface area (Å²) in [6.45, 7) is 1.61. The third-order valence-corrected chi connectivity index (χ3v) is 2.57. The maximum atomic E-state index is 11.0. The summed E-state index contributed by atoms with van der Waals surface area (Å²) < 4.78 is 10.1. The molecule has 2 unspecified atom stereocenters. The van der Waals surface area contributed by atoms with Gasteiger partial charge < -0.3 is 9.47 Å². The molecule has 0 aromatic rings. The van der Waals surface area contributed by atoms with Crippen molar-refractivity contribution in [2.45, 2.75) is 18.2 Å². The number of hydrogen-bond donors (Lipinski definition) is 0. The summed E-state index contributed by atoms with van der Waals surface area (Å²) >= 11 is 0. The van der Waals surface area contributed by atoms with Crippen molar-refractivity contribution in [1.82, 2.24) is 0 Å². The van der Waals surface area contributed by atoms with Gasteiger partial charge in [0, 0.05) is 20.3 Å². The van der Waals surface area contributed by atoms with Crippen LogP contribution in [0.5, 0.6) is 0 Å². The Labute approximate surface area is 82.2 Å². The number of nitro groups is 1. The zero-order chi connectivity index (χ0) is 10.8. The largest absolute Gasteiger partial charge is 0.376 e. The molecule has 0 radical (unpaired) electrons. The molecule has 1 rings (SSSR count). The number of allylic oxidation sites excluding steroid dienone is 2. The fourth-order valence-electron chi connectivity index (χ4n) is 1.51. The van der Waals surface area contributed by atoms with Gasteiger partial charge in [0.25, 0.3) is 0 Å². The van der Waals surface area contributed by atoms with Crippen LogP contribution in [0.2, 0.25) is 0 Å². The average molecular weight is 199 g/mol. The van der Waals surface area contributed by atoms with E-state index in [1.54, 1.807) is 25.2 Å². The van der Waals surface area contributed by atoms with Gasteiger partial charge in [-0.05, 0) is 13.0 Å². The lowest BCUT2D eigenvalue weighted by Gasteiger charge is -2.36. The van der Waals surface area contributed by atoms with Crippen LogP contribution in [0, 0.1) is 10.1 Å². The SMILES string of the molecule is COC1(C)C=CC=CC1(OC)[N+](=O)[O-]. The van der Waals surface area contributed by atoms with Crippen LogP contribution in [0.1, 0.15) is 6.92 Å². The van der Waals surface area contributed by atoms with Crippen molar-refractivity contribution in [3.63, 3.8) is 0 Å². The van der Waals surface area contributed by atoms with Crippen LogP contribution in [-0.4, -0.2) is 30.5 Å². The Hall–Kier alpha value is -1.20. The van der Waals surface area contributed by atoms with E-state index in [-0.39, 0.29) is 0 Å². The van der Waals surface area contributed by atoms with Gasteiger partial charge in [0.05, 0.1) is 4.92 Å². The summed E-state index contributed by atoms with van der Waals surface area (Å²) in [4.78, 5) is 10.5. The van der Waals surface area contributed by atoms with Gasteiger partial charge in [-0.25, -0.2) is 0 Å². The van der Waals surface area contributed by atoms with E-state index in [1.165, 1.54) is 20.3 Å². The second-order valence-electron chi connectivity index (χ2n) is 3.19. The fourth-order valence-corrected chi connectivity index (χ4v) is 1.51. The molecule has 0 aliphatic heterocycles. The predicted molar refractivity (Wildman–Crippen MR) is 50.4 cm³/mol. The summed E-state index contributed by atoms with van der Waals surface area (Å²) in [5.74, 6) is 0. The second kappa shape index (κ2) is 3.51. The van der Waals surface area contributed by atoms with Crippen LogP contribution in [-0.2, 0) is 9.47 Å². The molecular weight excluding hydrogens is 186 g/mol. The molecule has 2 atom stereocenters. The van der Waals surface area contributed by atoms with Gasteiger partial charge in [0.15, 0.2) is 5.60 Å². The lowest BCUT2D eigenvalue weighted by atomic mass is 9.88. The van der Waals surface area contributed by atoms with E-state index in [1.807, 2.05) is 0 Å². The third kappa shape index (κ3) is 1.25. The van der Waals surface area contributed by atoms with E-state index in [0.29, 0.717) is 0 Å². The minimum Gasteiger partial charge on any atom is -0.364 e. The highest BCUT2D eigenvalue weighted by molar-refractivity contribution is 5.25. The van der Waals surface area contributed by atoms with Gasteiger partial charge in [-0.1, -0.05) is 12.2 Å². The highest BCUT2D eigenvalue weighted by atomic mass is 16.7. The summed E-state index contributed by atoms with van der Waals surface area (Å²) in [7, 11) is 2.71. The van der Waals surface area contributed by atoms with Crippen molar-refractivity contribution < 1.29 is 14.4 Å². The minimum absolute atomic E-state index is 0.490. The van der Waals surface area contributed by atoms with E-state index in [9.17, 15) is 10.1 Å². The first-order valence-electron chi connectivity index (χ1n) is 4.14. The van der Waals surface area contributed by atoms with Crippen molar-refractivity contribution in [2.24, 2.45) is 0 Å². The van der Waals surface area contributed by atoms with E-state index < -0.39 is 16.2 Å². The molecular formula is C9H13NO4. The monoisotopic (exact) mass is 199 g/mol. The lowest BCUT2D eigenvalue weighted by Crippen LogP contribution is -2.58. The molecule has 0 heterocycles. The molecule has 1 aliphatic carbocycles. The van der Waals surface area contributed by atoms with Crippen LogP contribution in [0.25, 0.3) is 0 Å². The average Bonchev–Trinajstić information content (AvgIpc) is 2.18. The second-order valence-corrected chi connectivity index (χ2v) is 3.19. The number of methoxy groups -OCH3 is 2. The van der Waals surface area contributed by atoms with Gasteiger partial charge in [0.2, 0.25) is 0 Å². The molecule has 5 nitrogen and oxygen atoms in total. The topological polar surface area (TPSA) is 61.6 Å². The first-order valence-corrected chi connectivity index (χ1v) is 4.14. The third-order valence-electron chi connectivity index (χ3n) is 2.57. The summed E-state index contributed by atoms with van der Waals surface area (Å²) in [6, 6.07) is 0. The minimum atomic E-state index is -1.64. The van der Waals surface area contributed by atoms with E-state index in [4.69, 9.17) is 9.47 Å². The molecule has 0 amide bonds. The van der Waals surface area contributed by atoms with E-state index >= 15 is 0 Å². The first-order chi connectivity index (χ1) is 6.52. The molecule has 14 heavy (non-hydrogen) atoms. The number of ether oxygens (including phenoxy) is 2. The number of hydrogen-bond acceptors (Lipinski definition) is 4. The van der Waals surface area contributed by atoms with Crippen molar-refractivity contribution in [3.8, 4) is 0 Å². The van der Waals surface area contributed by atoms with Crippen LogP contribution >= 0.6 is 0 Å². The lowest BCUT2D eigenvalue weighted by molar-refractivity contribution is -0.632. The smallest absolute Gasteiger partial charge is 0.364 e. The molecule has 0 spiro atoms. The van der Waals surface area contributed by atoms with Gasteiger partial charge in [-0.2, -0.15) is 0 Å². The summed E-state index contributed by atoms with van der Waals surface area (Å²) in [6.07, 6.45) is 6.27.